The summed E-state index contributed by atoms with van der Waals surface area (Å²) < 4.78 is 8.04. The molecule has 2 aromatic heterocycles. The van der Waals surface area contributed by atoms with Gasteiger partial charge in [0.05, 0.1) is 13.1 Å². The highest BCUT2D eigenvalue weighted by Gasteiger charge is 2.34. The number of rotatable bonds is 5. The maximum atomic E-state index is 12.6. The van der Waals surface area contributed by atoms with E-state index in [-0.39, 0.29) is 16.7 Å². The first kappa shape index (κ1) is 23.1. The third-order valence-electron chi connectivity index (χ3n) is 7.84. The third-order valence-corrected chi connectivity index (χ3v) is 7.84. The number of aromatic nitrogens is 1. The van der Waals surface area contributed by atoms with Gasteiger partial charge in [-0.1, -0.05) is 24.3 Å². The standard InChI is InChI=1S/C28H32N4O4/c33-25-14-23(18-30-15-20-13-21(17-30)24-7-4-8-27(34)32(24)16-20)36-26(28(25)35)19-29-9-11-31(12-10-29)22-5-2-1-3-6-22/h1-8,14,20-21,35H,9-13,15-19H2/t20-,21?/m1/s1. The summed E-state index contributed by atoms with van der Waals surface area (Å²) in [4.78, 5) is 31.8. The average molecular weight is 489 g/mol. The predicted octanol–water partition coefficient (Wildman–Crippen LogP) is 2.45. The molecule has 8 heteroatoms. The molecule has 3 aromatic rings. The Kier molecular flexibility index (Phi) is 6.15. The molecule has 3 aliphatic heterocycles. The normalized spacial score (nSPS) is 22.4. The van der Waals surface area contributed by atoms with Gasteiger partial charge in [-0.2, -0.15) is 0 Å². The SMILES string of the molecule is O=c1cc(CN2CC3C[C@H](C2)Cn2c3cccc2=O)oc(CN2CCN(c3ccccc3)CC2)c1O. The lowest BCUT2D eigenvalue weighted by molar-refractivity contribution is 0.105. The zero-order chi connectivity index (χ0) is 24.6. The highest BCUT2D eigenvalue weighted by Crippen LogP contribution is 2.35. The molecule has 1 unspecified atom stereocenters. The highest BCUT2D eigenvalue weighted by molar-refractivity contribution is 5.46. The van der Waals surface area contributed by atoms with Crippen LogP contribution in [0.3, 0.4) is 0 Å². The van der Waals surface area contributed by atoms with Crippen LogP contribution in [0.2, 0.25) is 0 Å². The summed E-state index contributed by atoms with van der Waals surface area (Å²) in [6, 6.07) is 17.3. The fourth-order valence-corrected chi connectivity index (χ4v) is 6.12. The topological polar surface area (TPSA) is 82.2 Å². The van der Waals surface area contributed by atoms with E-state index in [4.69, 9.17) is 4.42 Å². The van der Waals surface area contributed by atoms with E-state index in [0.29, 0.717) is 36.4 Å². The van der Waals surface area contributed by atoms with E-state index < -0.39 is 0 Å². The quantitative estimate of drug-likeness (QED) is 0.591. The molecule has 8 nitrogen and oxygen atoms in total. The summed E-state index contributed by atoms with van der Waals surface area (Å²) in [6.07, 6.45) is 1.08. The van der Waals surface area contributed by atoms with Crippen LogP contribution in [0.1, 0.15) is 29.6 Å². The second kappa shape index (κ2) is 9.59. The summed E-state index contributed by atoms with van der Waals surface area (Å²) in [5, 5.41) is 10.5. The first-order valence-corrected chi connectivity index (χ1v) is 12.8. The fraction of sp³-hybridized carbons (Fsp3) is 0.429. The van der Waals surface area contributed by atoms with Crippen LogP contribution in [0.15, 0.2) is 68.6 Å². The number of fused-ring (bicyclic) bond motifs is 4. The summed E-state index contributed by atoms with van der Waals surface area (Å²) in [6.45, 7) is 6.79. The molecule has 1 N–H and O–H groups in total. The van der Waals surface area contributed by atoms with E-state index in [1.165, 1.54) is 11.8 Å². The van der Waals surface area contributed by atoms with Gasteiger partial charge in [0.2, 0.25) is 11.2 Å². The number of hydrogen-bond donors (Lipinski definition) is 1. The van der Waals surface area contributed by atoms with Crippen molar-refractivity contribution in [1.29, 1.82) is 0 Å². The van der Waals surface area contributed by atoms with Crippen molar-refractivity contribution in [3.05, 3.63) is 92.4 Å². The Bertz CT molecular complexity index is 1340. The number of piperidine rings is 1. The maximum absolute atomic E-state index is 12.6. The van der Waals surface area contributed by atoms with E-state index in [1.54, 1.807) is 6.07 Å². The summed E-state index contributed by atoms with van der Waals surface area (Å²) in [7, 11) is 0. The minimum absolute atomic E-state index is 0.0782. The van der Waals surface area contributed by atoms with E-state index in [9.17, 15) is 14.7 Å². The molecule has 0 radical (unpaired) electrons. The summed E-state index contributed by atoms with van der Waals surface area (Å²) >= 11 is 0. The number of para-hydroxylation sites is 1. The molecule has 188 valence electrons. The lowest BCUT2D eigenvalue weighted by atomic mass is 9.83. The van der Waals surface area contributed by atoms with Crippen molar-refractivity contribution in [3.63, 3.8) is 0 Å². The molecular weight excluding hydrogens is 456 g/mol. The molecule has 6 rings (SSSR count). The number of nitrogens with zero attached hydrogens (tertiary/aromatic N) is 4. The van der Waals surface area contributed by atoms with Gasteiger partial charge in [-0.05, 0) is 30.5 Å². The van der Waals surface area contributed by atoms with Crippen LogP contribution >= 0.6 is 0 Å². The second-order valence-corrected chi connectivity index (χ2v) is 10.3. The van der Waals surface area contributed by atoms with Gasteiger partial charge < -0.3 is 19.0 Å². The Labute approximate surface area is 210 Å². The molecule has 2 bridgehead atoms. The Balaban J connectivity index is 1.13. The maximum Gasteiger partial charge on any atom is 0.250 e. The molecule has 0 spiro atoms. The van der Waals surface area contributed by atoms with Crippen LogP contribution in [-0.4, -0.2) is 58.7 Å². The van der Waals surface area contributed by atoms with Crippen molar-refractivity contribution in [3.8, 4) is 5.75 Å². The van der Waals surface area contributed by atoms with E-state index in [0.717, 1.165) is 57.9 Å². The monoisotopic (exact) mass is 488 g/mol. The Hall–Kier alpha value is -3.36. The molecule has 2 saturated heterocycles. The number of likely N-dealkylation sites (tertiary alicyclic amines) is 1. The van der Waals surface area contributed by atoms with Crippen LogP contribution in [0.4, 0.5) is 5.69 Å². The number of pyridine rings is 1. The summed E-state index contributed by atoms with van der Waals surface area (Å²) in [5.74, 6) is 1.35. The molecule has 36 heavy (non-hydrogen) atoms. The van der Waals surface area contributed by atoms with Crippen molar-refractivity contribution in [2.75, 3.05) is 44.2 Å². The van der Waals surface area contributed by atoms with Gasteiger partial charge in [-0.25, -0.2) is 0 Å². The predicted molar refractivity (Wildman–Crippen MR) is 137 cm³/mol. The minimum atomic E-state index is -0.386. The zero-order valence-corrected chi connectivity index (χ0v) is 20.4. The molecule has 3 aliphatic rings. The van der Waals surface area contributed by atoms with Crippen LogP contribution in [0.5, 0.6) is 5.75 Å². The van der Waals surface area contributed by atoms with Crippen molar-refractivity contribution < 1.29 is 9.52 Å². The molecule has 2 fully saturated rings. The molecule has 0 aliphatic carbocycles. The van der Waals surface area contributed by atoms with Crippen molar-refractivity contribution in [2.45, 2.75) is 32.0 Å². The third kappa shape index (κ3) is 4.58. The van der Waals surface area contributed by atoms with Gasteiger partial charge in [0.15, 0.2) is 5.76 Å². The first-order valence-electron chi connectivity index (χ1n) is 12.8. The number of piperazine rings is 1. The van der Waals surface area contributed by atoms with E-state index in [1.807, 2.05) is 28.8 Å². The van der Waals surface area contributed by atoms with Gasteiger partial charge in [-0.3, -0.25) is 19.4 Å². The fourth-order valence-electron chi connectivity index (χ4n) is 6.12. The number of benzene rings is 1. The number of hydrogen-bond acceptors (Lipinski definition) is 7. The zero-order valence-electron chi connectivity index (χ0n) is 20.4. The van der Waals surface area contributed by atoms with Crippen molar-refractivity contribution in [1.82, 2.24) is 14.4 Å². The number of aromatic hydroxyl groups is 1. The average Bonchev–Trinajstić information content (AvgIpc) is 2.89. The van der Waals surface area contributed by atoms with Gasteiger partial charge >= 0.3 is 0 Å². The number of anilines is 1. The highest BCUT2D eigenvalue weighted by atomic mass is 16.4. The van der Waals surface area contributed by atoms with E-state index >= 15 is 0 Å². The Morgan fingerprint density at radius 1 is 0.861 bits per heavy atom. The summed E-state index contributed by atoms with van der Waals surface area (Å²) in [5.41, 5.74) is 2.01. The van der Waals surface area contributed by atoms with Crippen LogP contribution in [-0.2, 0) is 19.6 Å². The van der Waals surface area contributed by atoms with Crippen LogP contribution in [0, 0.1) is 5.92 Å². The van der Waals surface area contributed by atoms with Crippen molar-refractivity contribution >= 4 is 5.69 Å². The van der Waals surface area contributed by atoms with Crippen LogP contribution < -0.4 is 15.9 Å². The Morgan fingerprint density at radius 3 is 2.47 bits per heavy atom. The first-order chi connectivity index (χ1) is 17.5. The molecule has 5 heterocycles. The second-order valence-electron chi connectivity index (χ2n) is 10.3. The van der Waals surface area contributed by atoms with Crippen molar-refractivity contribution in [2.24, 2.45) is 5.92 Å². The van der Waals surface area contributed by atoms with Gasteiger partial charge in [0, 0.05) is 75.2 Å². The molecular formula is C28H32N4O4. The van der Waals surface area contributed by atoms with Gasteiger partial charge in [0.25, 0.3) is 5.56 Å². The lowest BCUT2D eigenvalue weighted by Gasteiger charge is -2.42. The van der Waals surface area contributed by atoms with Gasteiger partial charge in [-0.15, -0.1) is 0 Å². The van der Waals surface area contributed by atoms with Gasteiger partial charge in [0.1, 0.15) is 5.76 Å². The minimum Gasteiger partial charge on any atom is -0.502 e. The molecule has 1 aromatic carbocycles. The van der Waals surface area contributed by atoms with Crippen LogP contribution in [0.25, 0.3) is 0 Å². The largest absolute Gasteiger partial charge is 0.502 e. The smallest absolute Gasteiger partial charge is 0.250 e. The molecule has 0 amide bonds. The Morgan fingerprint density at radius 2 is 1.67 bits per heavy atom. The molecule has 0 saturated carbocycles. The molecule has 2 atom stereocenters. The lowest BCUT2D eigenvalue weighted by Crippen LogP contribution is -2.46. The van der Waals surface area contributed by atoms with E-state index in [2.05, 4.69) is 32.9 Å².